The van der Waals surface area contributed by atoms with E-state index in [0.717, 1.165) is 0 Å². The van der Waals surface area contributed by atoms with Gasteiger partial charge >= 0.3 is 0 Å². The zero-order chi connectivity index (χ0) is 15.8. The van der Waals surface area contributed by atoms with Gasteiger partial charge in [0.15, 0.2) is 6.61 Å². The van der Waals surface area contributed by atoms with E-state index in [0.29, 0.717) is 21.6 Å². The number of benzene rings is 1. The number of carbonyl (C=O) groups excluding carboxylic acids is 1. The average Bonchev–Trinajstić information content (AvgIpc) is 2.99. The molecule has 0 unspecified atom stereocenters. The number of hydrazone groups is 1. The highest BCUT2D eigenvalue weighted by molar-refractivity contribution is 6.35. The van der Waals surface area contributed by atoms with Gasteiger partial charge in [-0.2, -0.15) is 5.10 Å². The molecule has 1 heterocycles. The van der Waals surface area contributed by atoms with E-state index in [2.05, 4.69) is 10.5 Å². The van der Waals surface area contributed by atoms with Crippen molar-refractivity contribution in [2.45, 2.75) is 0 Å². The molecule has 0 saturated carbocycles. The van der Waals surface area contributed by atoms with Gasteiger partial charge in [-0.1, -0.05) is 23.2 Å². The SMILES string of the molecule is O=C(COc1ccc(Cl)cc1Cl)NN=CC=Cc1ccco1. The Bertz CT molecular complexity index is 682. The minimum absolute atomic E-state index is 0.208. The lowest BCUT2D eigenvalue weighted by atomic mass is 10.3. The summed E-state index contributed by atoms with van der Waals surface area (Å²) in [6, 6.07) is 8.32. The average molecular weight is 339 g/mol. The maximum atomic E-state index is 11.5. The molecule has 1 amide bonds. The molecule has 0 radical (unpaired) electrons. The monoisotopic (exact) mass is 338 g/mol. The number of amides is 1. The van der Waals surface area contributed by atoms with Gasteiger partial charge in [-0.3, -0.25) is 4.79 Å². The molecule has 0 saturated heterocycles. The van der Waals surface area contributed by atoms with Crippen molar-refractivity contribution < 1.29 is 13.9 Å². The molecule has 2 aromatic rings. The molecule has 1 aromatic carbocycles. The highest BCUT2D eigenvalue weighted by Crippen LogP contribution is 2.27. The summed E-state index contributed by atoms with van der Waals surface area (Å²) < 4.78 is 10.4. The molecule has 0 fully saturated rings. The van der Waals surface area contributed by atoms with Gasteiger partial charge in [0.25, 0.3) is 5.91 Å². The number of nitrogens with zero attached hydrogens (tertiary/aromatic N) is 1. The highest BCUT2D eigenvalue weighted by Gasteiger charge is 2.05. The van der Waals surface area contributed by atoms with Gasteiger partial charge < -0.3 is 9.15 Å². The van der Waals surface area contributed by atoms with E-state index in [1.54, 1.807) is 42.7 Å². The number of allylic oxidation sites excluding steroid dienone is 1. The smallest absolute Gasteiger partial charge is 0.277 e. The summed E-state index contributed by atoms with van der Waals surface area (Å²) >= 11 is 11.7. The molecule has 0 aliphatic carbocycles. The van der Waals surface area contributed by atoms with Gasteiger partial charge in [0.2, 0.25) is 0 Å². The first kappa shape index (κ1) is 16.1. The summed E-state index contributed by atoms with van der Waals surface area (Å²) in [6.45, 7) is -0.208. The molecular weight excluding hydrogens is 327 g/mol. The van der Waals surface area contributed by atoms with E-state index in [1.807, 2.05) is 0 Å². The quantitative estimate of drug-likeness (QED) is 0.643. The second kappa shape index (κ2) is 8.26. The summed E-state index contributed by atoms with van der Waals surface area (Å²) in [4.78, 5) is 11.5. The predicted molar refractivity (Wildman–Crippen MR) is 86.3 cm³/mol. The Kier molecular flexibility index (Phi) is 6.06. The van der Waals surface area contributed by atoms with E-state index >= 15 is 0 Å². The number of furan rings is 1. The lowest BCUT2D eigenvalue weighted by Gasteiger charge is -2.06. The fourth-order valence-corrected chi connectivity index (χ4v) is 1.91. The third kappa shape index (κ3) is 5.27. The van der Waals surface area contributed by atoms with Gasteiger partial charge in [0.1, 0.15) is 11.5 Å². The van der Waals surface area contributed by atoms with Crippen molar-refractivity contribution in [2.75, 3.05) is 6.61 Å². The Hall–Kier alpha value is -2.24. The van der Waals surface area contributed by atoms with Gasteiger partial charge in [-0.25, -0.2) is 5.43 Å². The molecule has 114 valence electrons. The molecule has 0 atom stereocenters. The Morgan fingerprint density at radius 1 is 1.36 bits per heavy atom. The van der Waals surface area contributed by atoms with Crippen LogP contribution in [0.25, 0.3) is 6.08 Å². The normalized spacial score (nSPS) is 11.2. The Morgan fingerprint density at radius 2 is 2.23 bits per heavy atom. The lowest BCUT2D eigenvalue weighted by Crippen LogP contribution is -2.24. The lowest BCUT2D eigenvalue weighted by molar-refractivity contribution is -0.123. The number of rotatable bonds is 6. The Morgan fingerprint density at radius 3 is 2.95 bits per heavy atom. The van der Waals surface area contributed by atoms with Crippen molar-refractivity contribution in [3.63, 3.8) is 0 Å². The number of hydrogen-bond acceptors (Lipinski definition) is 4. The van der Waals surface area contributed by atoms with Crippen LogP contribution in [0.2, 0.25) is 10.0 Å². The first-order valence-electron chi connectivity index (χ1n) is 6.25. The first-order valence-corrected chi connectivity index (χ1v) is 7.00. The zero-order valence-corrected chi connectivity index (χ0v) is 12.8. The van der Waals surface area contributed by atoms with Crippen molar-refractivity contribution in [2.24, 2.45) is 5.10 Å². The summed E-state index contributed by atoms with van der Waals surface area (Å²) in [6.07, 6.45) is 6.34. The molecule has 0 spiro atoms. The number of halogens is 2. The van der Waals surface area contributed by atoms with E-state index in [1.165, 1.54) is 12.3 Å². The third-order valence-corrected chi connectivity index (χ3v) is 2.94. The van der Waals surface area contributed by atoms with E-state index in [9.17, 15) is 4.79 Å². The fourth-order valence-electron chi connectivity index (χ4n) is 1.44. The summed E-state index contributed by atoms with van der Waals surface area (Å²) in [7, 11) is 0. The van der Waals surface area contributed by atoms with Crippen LogP contribution < -0.4 is 10.2 Å². The van der Waals surface area contributed by atoms with Crippen LogP contribution >= 0.6 is 23.2 Å². The van der Waals surface area contributed by atoms with Crippen LogP contribution in [0.4, 0.5) is 0 Å². The van der Waals surface area contributed by atoms with Gasteiger partial charge in [-0.15, -0.1) is 0 Å². The van der Waals surface area contributed by atoms with Crippen LogP contribution in [0.3, 0.4) is 0 Å². The van der Waals surface area contributed by atoms with Crippen LogP contribution in [0, 0.1) is 0 Å². The minimum atomic E-state index is -0.409. The van der Waals surface area contributed by atoms with Gasteiger partial charge in [0.05, 0.1) is 11.3 Å². The summed E-state index contributed by atoms with van der Waals surface area (Å²) in [5.41, 5.74) is 2.32. The second-order valence-electron chi connectivity index (χ2n) is 4.05. The summed E-state index contributed by atoms with van der Waals surface area (Å²) in [5, 5.41) is 4.57. The second-order valence-corrected chi connectivity index (χ2v) is 4.89. The minimum Gasteiger partial charge on any atom is -0.482 e. The Labute approximate surface area is 137 Å². The first-order chi connectivity index (χ1) is 10.6. The molecule has 0 aliphatic heterocycles. The molecule has 1 aromatic heterocycles. The van der Waals surface area contributed by atoms with Gasteiger partial charge in [-0.05, 0) is 42.5 Å². The molecule has 0 bridgehead atoms. The van der Waals surface area contributed by atoms with Crippen LogP contribution in [-0.2, 0) is 4.79 Å². The Balaban J connectivity index is 1.73. The number of hydrogen-bond donors (Lipinski definition) is 1. The zero-order valence-electron chi connectivity index (χ0n) is 11.3. The van der Waals surface area contributed by atoms with Crippen molar-refractivity contribution in [3.8, 4) is 5.75 Å². The maximum Gasteiger partial charge on any atom is 0.277 e. The van der Waals surface area contributed by atoms with Crippen LogP contribution in [-0.4, -0.2) is 18.7 Å². The number of ether oxygens (including phenoxy) is 1. The number of nitrogens with one attached hydrogen (secondary N) is 1. The topological polar surface area (TPSA) is 63.8 Å². The highest BCUT2D eigenvalue weighted by atomic mass is 35.5. The van der Waals surface area contributed by atoms with Crippen molar-refractivity contribution in [3.05, 3.63) is 58.5 Å². The van der Waals surface area contributed by atoms with Crippen LogP contribution in [0.5, 0.6) is 5.75 Å². The largest absolute Gasteiger partial charge is 0.482 e. The third-order valence-electron chi connectivity index (χ3n) is 2.41. The molecule has 1 N–H and O–H groups in total. The molecule has 5 nitrogen and oxygen atoms in total. The molecule has 22 heavy (non-hydrogen) atoms. The standard InChI is InChI=1S/C15H12Cl2N2O3/c16-11-5-6-14(13(17)9-11)22-10-15(20)19-18-7-1-3-12-4-2-8-21-12/h1-9H,10H2,(H,19,20). The van der Waals surface area contributed by atoms with E-state index in [4.69, 9.17) is 32.4 Å². The van der Waals surface area contributed by atoms with Crippen LogP contribution in [0.1, 0.15) is 5.76 Å². The van der Waals surface area contributed by atoms with Gasteiger partial charge in [0, 0.05) is 11.2 Å². The maximum absolute atomic E-state index is 11.5. The fraction of sp³-hybridized carbons (Fsp3) is 0.0667. The number of carbonyl (C=O) groups is 1. The van der Waals surface area contributed by atoms with E-state index < -0.39 is 5.91 Å². The molecule has 7 heteroatoms. The van der Waals surface area contributed by atoms with E-state index in [-0.39, 0.29) is 6.61 Å². The molecule has 0 aliphatic rings. The van der Waals surface area contributed by atoms with Crippen LogP contribution in [0.15, 0.2) is 52.2 Å². The molecular formula is C15H12Cl2N2O3. The summed E-state index contributed by atoms with van der Waals surface area (Å²) in [5.74, 6) is 0.662. The predicted octanol–water partition coefficient (Wildman–Crippen LogP) is 3.78. The van der Waals surface area contributed by atoms with Crippen molar-refractivity contribution in [1.82, 2.24) is 5.43 Å². The molecule has 2 rings (SSSR count). The van der Waals surface area contributed by atoms with Crippen molar-refractivity contribution >= 4 is 41.4 Å². The van der Waals surface area contributed by atoms with Crippen molar-refractivity contribution in [1.29, 1.82) is 0 Å².